The summed E-state index contributed by atoms with van der Waals surface area (Å²) in [5.74, 6) is 2.02. The van der Waals surface area contributed by atoms with Gasteiger partial charge in [-0.3, -0.25) is 0 Å². The van der Waals surface area contributed by atoms with Gasteiger partial charge in [-0.15, -0.1) is 48.1 Å². The van der Waals surface area contributed by atoms with Crippen molar-refractivity contribution in [1.29, 1.82) is 0 Å². The number of ether oxygens (including phenoxy) is 1. The van der Waals surface area contributed by atoms with Gasteiger partial charge in [-0.2, -0.15) is 12.1 Å². The predicted octanol–water partition coefficient (Wildman–Crippen LogP) is 14.9. The second kappa shape index (κ2) is 16.6. The van der Waals surface area contributed by atoms with E-state index in [1.165, 1.54) is 27.8 Å². The van der Waals surface area contributed by atoms with E-state index in [1.54, 1.807) is 0 Å². The standard InChI is InChI=1S/C58H51N4O.Pt/c1-56(2,3)42-22-16-23-45(34-42)60-39-61(52-27-15-14-26-51(52)60)46-24-17-25-47(37-46)63-48-29-31-50-49-30-28-43(57(4,5)40-18-10-8-11-19-40)35-53(49)62(54(50)38-48)55-36-44(32-33-59-55)58(6,7)41-20-12-9-13-21-41;/h8-36,39H,1-7H3;/q-3;. The Hall–Kier alpha value is -6.42. The van der Waals surface area contributed by atoms with Crippen LogP contribution in [0.4, 0.5) is 22.7 Å². The number of hydrogen-bond donors (Lipinski definition) is 0. The van der Waals surface area contributed by atoms with Crippen LogP contribution < -0.4 is 14.5 Å². The molecule has 0 saturated heterocycles. The van der Waals surface area contributed by atoms with Crippen LogP contribution in [0.3, 0.4) is 0 Å². The van der Waals surface area contributed by atoms with Gasteiger partial charge in [-0.1, -0.05) is 151 Å². The average Bonchev–Trinajstić information content (AvgIpc) is 3.85. The Morgan fingerprint density at radius 3 is 1.78 bits per heavy atom. The third-order valence-electron chi connectivity index (χ3n) is 12.9. The number of pyridine rings is 1. The second-order valence-electron chi connectivity index (χ2n) is 18.7. The van der Waals surface area contributed by atoms with E-state index in [1.807, 2.05) is 24.4 Å². The molecule has 1 aliphatic heterocycles. The summed E-state index contributed by atoms with van der Waals surface area (Å²) in [6.07, 6.45) is 1.93. The number of fused-ring (bicyclic) bond motifs is 4. The molecule has 6 heteroatoms. The fourth-order valence-electron chi connectivity index (χ4n) is 8.97. The molecule has 0 saturated carbocycles. The van der Waals surface area contributed by atoms with Gasteiger partial charge >= 0.3 is 0 Å². The zero-order valence-electron chi connectivity index (χ0n) is 37.3. The van der Waals surface area contributed by atoms with Crippen LogP contribution in [-0.4, -0.2) is 9.55 Å². The van der Waals surface area contributed by atoms with Gasteiger partial charge in [0.05, 0.1) is 0 Å². The SMILES string of the molecule is CC(C)(C)c1cccc(N2[CH-]N(c3[c-]c(Oc4[c-]c5c(cc4)c4ccc(C(C)(C)c6ccccc6)cc4n5-c4cc(C(C)(C)c5ccccc5)ccn4)ccc3)c3ccccc32)c1.[Pt]. The Kier molecular flexibility index (Phi) is 11.1. The molecule has 0 unspecified atom stereocenters. The monoisotopic (exact) mass is 1010 g/mol. The van der Waals surface area contributed by atoms with Crippen molar-refractivity contribution in [1.82, 2.24) is 9.55 Å². The summed E-state index contributed by atoms with van der Waals surface area (Å²) >= 11 is 0. The Balaban J connectivity index is 0.00000518. The molecule has 9 aromatic rings. The van der Waals surface area contributed by atoms with E-state index < -0.39 is 0 Å². The molecule has 322 valence electrons. The summed E-state index contributed by atoms with van der Waals surface area (Å²) in [6.45, 7) is 18.0. The molecule has 0 spiro atoms. The maximum absolute atomic E-state index is 6.70. The Bertz CT molecular complexity index is 3130. The number of hydrogen-bond acceptors (Lipinski definition) is 4. The molecule has 5 nitrogen and oxygen atoms in total. The Morgan fingerprint density at radius 2 is 1.09 bits per heavy atom. The zero-order chi connectivity index (χ0) is 43.5. The molecule has 0 radical (unpaired) electrons. The van der Waals surface area contributed by atoms with Crippen LogP contribution >= 0.6 is 0 Å². The van der Waals surface area contributed by atoms with Crippen LogP contribution in [0.15, 0.2) is 176 Å². The van der Waals surface area contributed by atoms with Gasteiger partial charge in [0.15, 0.2) is 0 Å². The largest absolute Gasteiger partial charge is 0.509 e. The van der Waals surface area contributed by atoms with Crippen molar-refractivity contribution in [2.24, 2.45) is 0 Å². The predicted molar refractivity (Wildman–Crippen MR) is 260 cm³/mol. The second-order valence-corrected chi connectivity index (χ2v) is 18.7. The first kappa shape index (κ1) is 42.9. The molecule has 0 N–H and O–H groups in total. The first-order valence-corrected chi connectivity index (χ1v) is 21.8. The van der Waals surface area contributed by atoms with E-state index in [0.29, 0.717) is 11.5 Å². The molecule has 2 aromatic heterocycles. The maximum atomic E-state index is 6.70. The smallest absolute Gasteiger partial charge is 0.135 e. The van der Waals surface area contributed by atoms with Crippen LogP contribution in [0, 0.1) is 18.8 Å². The first-order chi connectivity index (χ1) is 30.4. The molecule has 7 aromatic carbocycles. The first-order valence-electron chi connectivity index (χ1n) is 21.8. The number of anilines is 4. The van der Waals surface area contributed by atoms with Crippen molar-refractivity contribution in [3.05, 3.63) is 223 Å². The molecule has 0 amide bonds. The molecule has 10 rings (SSSR count). The van der Waals surface area contributed by atoms with E-state index >= 15 is 0 Å². The number of benzene rings is 7. The van der Waals surface area contributed by atoms with Crippen molar-refractivity contribution < 1.29 is 25.8 Å². The van der Waals surface area contributed by atoms with Crippen LogP contribution in [0.5, 0.6) is 11.5 Å². The summed E-state index contributed by atoms with van der Waals surface area (Å²) < 4.78 is 8.95. The van der Waals surface area contributed by atoms with Crippen LogP contribution in [0.1, 0.15) is 76.3 Å². The number of para-hydroxylation sites is 2. The molecule has 0 fully saturated rings. The quantitative estimate of drug-likeness (QED) is 0.135. The van der Waals surface area contributed by atoms with Crippen LogP contribution in [0.25, 0.3) is 27.6 Å². The van der Waals surface area contributed by atoms with Gasteiger partial charge < -0.3 is 19.1 Å². The van der Waals surface area contributed by atoms with Gasteiger partial charge in [0.2, 0.25) is 0 Å². The summed E-state index contributed by atoms with van der Waals surface area (Å²) in [6, 6.07) is 67.4. The minimum absolute atomic E-state index is 0. The van der Waals surface area contributed by atoms with E-state index in [0.717, 1.165) is 50.4 Å². The van der Waals surface area contributed by atoms with Gasteiger partial charge in [-0.25, -0.2) is 4.98 Å². The van der Waals surface area contributed by atoms with Crippen LogP contribution in [0.2, 0.25) is 0 Å². The van der Waals surface area contributed by atoms with E-state index in [4.69, 9.17) is 9.72 Å². The van der Waals surface area contributed by atoms with E-state index in [-0.39, 0.29) is 37.3 Å². The zero-order valence-corrected chi connectivity index (χ0v) is 39.6. The van der Waals surface area contributed by atoms with Gasteiger partial charge in [0, 0.05) is 72.2 Å². The van der Waals surface area contributed by atoms with Crippen molar-refractivity contribution in [2.45, 2.75) is 64.7 Å². The summed E-state index contributed by atoms with van der Waals surface area (Å²) in [5, 5.41) is 2.21. The summed E-state index contributed by atoms with van der Waals surface area (Å²) in [5.41, 5.74) is 11.9. The molecule has 1 aliphatic rings. The molecule has 0 aliphatic carbocycles. The minimum atomic E-state index is -0.252. The Morgan fingerprint density at radius 1 is 0.500 bits per heavy atom. The molecule has 0 bridgehead atoms. The minimum Gasteiger partial charge on any atom is -0.509 e. The average molecular weight is 1020 g/mol. The number of aromatic nitrogens is 2. The molecule has 64 heavy (non-hydrogen) atoms. The molecule has 3 heterocycles. The third-order valence-corrected chi connectivity index (χ3v) is 12.9. The van der Waals surface area contributed by atoms with Crippen molar-refractivity contribution in [3.63, 3.8) is 0 Å². The Labute approximate surface area is 392 Å². The molecular weight excluding hydrogens is 964 g/mol. The van der Waals surface area contributed by atoms with Gasteiger partial charge in [-0.05, 0) is 81.1 Å². The third kappa shape index (κ3) is 7.71. The summed E-state index contributed by atoms with van der Waals surface area (Å²) in [4.78, 5) is 9.49. The van der Waals surface area contributed by atoms with Crippen molar-refractivity contribution in [3.8, 4) is 17.3 Å². The fraction of sp³-hybridized carbons (Fsp3) is 0.172. The van der Waals surface area contributed by atoms with Gasteiger partial charge in [0.1, 0.15) is 5.82 Å². The molecule has 0 atom stereocenters. The fourth-order valence-corrected chi connectivity index (χ4v) is 8.97. The van der Waals surface area contributed by atoms with Crippen molar-refractivity contribution >= 4 is 44.6 Å². The summed E-state index contributed by atoms with van der Waals surface area (Å²) in [7, 11) is 0. The van der Waals surface area contributed by atoms with Crippen LogP contribution in [-0.2, 0) is 37.3 Å². The van der Waals surface area contributed by atoms with Gasteiger partial charge in [0.25, 0.3) is 0 Å². The topological polar surface area (TPSA) is 33.5 Å². The van der Waals surface area contributed by atoms with E-state index in [9.17, 15) is 0 Å². The number of nitrogens with zero attached hydrogens (tertiary/aromatic N) is 4. The molecular formula is C58H51N4OPt-3. The normalized spacial score (nSPS) is 13.0. The maximum Gasteiger partial charge on any atom is 0.135 e. The van der Waals surface area contributed by atoms with E-state index in [2.05, 4.69) is 233 Å². The van der Waals surface area contributed by atoms with Crippen molar-refractivity contribution in [2.75, 3.05) is 9.80 Å². The number of rotatable bonds is 9.